The van der Waals surface area contributed by atoms with Crippen LogP contribution in [0.1, 0.15) is 17.1 Å². The molecule has 0 spiro atoms. The number of fused-ring (bicyclic) bond motifs is 1. The summed E-state index contributed by atoms with van der Waals surface area (Å²) in [6, 6.07) is 16.7. The van der Waals surface area contributed by atoms with Crippen molar-refractivity contribution in [3.63, 3.8) is 0 Å². The topological polar surface area (TPSA) is 55.6 Å². The van der Waals surface area contributed by atoms with Gasteiger partial charge in [0.25, 0.3) is 0 Å². The third-order valence-corrected chi connectivity index (χ3v) is 4.17. The van der Waals surface area contributed by atoms with E-state index in [0.29, 0.717) is 24.3 Å². The average Bonchev–Trinajstić information content (AvgIpc) is 2.95. The van der Waals surface area contributed by atoms with Crippen LogP contribution in [0, 0.1) is 19.7 Å². The van der Waals surface area contributed by atoms with Crippen LogP contribution in [-0.2, 0) is 6.54 Å². The molecule has 0 amide bonds. The molecule has 26 heavy (non-hydrogen) atoms. The Labute approximate surface area is 150 Å². The number of nitrogens with zero attached hydrogens (tertiary/aromatic N) is 4. The van der Waals surface area contributed by atoms with Crippen LogP contribution in [0.4, 0.5) is 10.3 Å². The molecule has 0 saturated carbocycles. The number of rotatable bonds is 4. The number of hydrogen-bond acceptors (Lipinski definition) is 4. The molecular formula is C20H18FN5. The number of para-hydroxylation sites is 1. The maximum atomic E-state index is 13.3. The lowest BCUT2D eigenvalue weighted by molar-refractivity contribution is 0.626. The third kappa shape index (κ3) is 3.13. The summed E-state index contributed by atoms with van der Waals surface area (Å²) in [5.41, 5.74) is 2.92. The van der Waals surface area contributed by atoms with Crippen molar-refractivity contribution in [2.24, 2.45) is 0 Å². The Bertz CT molecular complexity index is 1090. The zero-order chi connectivity index (χ0) is 18.1. The van der Waals surface area contributed by atoms with E-state index in [2.05, 4.69) is 32.4 Å². The molecule has 0 aliphatic carbocycles. The zero-order valence-corrected chi connectivity index (χ0v) is 14.6. The lowest BCUT2D eigenvalue weighted by Gasteiger charge is -2.10. The second-order valence-electron chi connectivity index (χ2n) is 6.17. The first-order valence-corrected chi connectivity index (χ1v) is 8.38. The van der Waals surface area contributed by atoms with Gasteiger partial charge >= 0.3 is 0 Å². The maximum absolute atomic E-state index is 13.3. The van der Waals surface area contributed by atoms with E-state index in [1.54, 1.807) is 6.07 Å². The van der Waals surface area contributed by atoms with Crippen LogP contribution < -0.4 is 5.32 Å². The summed E-state index contributed by atoms with van der Waals surface area (Å²) in [6.45, 7) is 4.30. The van der Waals surface area contributed by atoms with Gasteiger partial charge in [0.2, 0.25) is 11.9 Å². The minimum Gasteiger partial charge on any atom is -0.350 e. The first kappa shape index (κ1) is 16.2. The van der Waals surface area contributed by atoms with E-state index in [0.717, 1.165) is 22.2 Å². The summed E-state index contributed by atoms with van der Waals surface area (Å²) in [5, 5.41) is 4.29. The Morgan fingerprint density at radius 3 is 2.65 bits per heavy atom. The van der Waals surface area contributed by atoms with E-state index < -0.39 is 0 Å². The third-order valence-electron chi connectivity index (χ3n) is 4.17. The molecule has 2 aromatic heterocycles. The highest BCUT2D eigenvalue weighted by Crippen LogP contribution is 2.22. The molecule has 0 bridgehead atoms. The molecule has 0 aliphatic rings. The van der Waals surface area contributed by atoms with Crippen molar-refractivity contribution in [3.8, 4) is 5.95 Å². The standard InChI is InChI=1S/C20H18FN5/c1-13-10-16-7-3-4-9-18(16)26(13)20-24-14(2)23-19(25-20)22-12-15-6-5-8-17(21)11-15/h3-11H,12H2,1-2H3,(H,22,23,24,25). The Morgan fingerprint density at radius 1 is 0.962 bits per heavy atom. The fourth-order valence-electron chi connectivity index (χ4n) is 3.03. The van der Waals surface area contributed by atoms with Crippen molar-refractivity contribution in [3.05, 3.63) is 77.5 Å². The number of nitrogens with one attached hydrogen (secondary N) is 1. The minimum absolute atomic E-state index is 0.258. The maximum Gasteiger partial charge on any atom is 0.239 e. The molecule has 1 N–H and O–H groups in total. The summed E-state index contributed by atoms with van der Waals surface area (Å²) in [4.78, 5) is 13.4. The van der Waals surface area contributed by atoms with Gasteiger partial charge in [-0.1, -0.05) is 30.3 Å². The van der Waals surface area contributed by atoms with Crippen LogP contribution in [0.5, 0.6) is 0 Å². The van der Waals surface area contributed by atoms with E-state index in [4.69, 9.17) is 0 Å². The van der Waals surface area contributed by atoms with Crippen LogP contribution in [-0.4, -0.2) is 19.5 Å². The largest absolute Gasteiger partial charge is 0.350 e. The Morgan fingerprint density at radius 2 is 1.81 bits per heavy atom. The summed E-state index contributed by atoms with van der Waals surface area (Å²) < 4.78 is 15.3. The number of benzene rings is 2. The molecule has 4 rings (SSSR count). The molecule has 0 radical (unpaired) electrons. The van der Waals surface area contributed by atoms with Gasteiger partial charge in [-0.3, -0.25) is 4.57 Å². The molecule has 2 heterocycles. The number of anilines is 1. The molecular weight excluding hydrogens is 329 g/mol. The molecule has 5 nitrogen and oxygen atoms in total. The van der Waals surface area contributed by atoms with Gasteiger partial charge in [-0.05, 0) is 43.7 Å². The highest BCUT2D eigenvalue weighted by Gasteiger charge is 2.12. The molecule has 0 aliphatic heterocycles. The predicted octanol–water partition coefficient (Wildman–Crippen LogP) is 4.18. The van der Waals surface area contributed by atoms with E-state index in [1.165, 1.54) is 12.1 Å². The van der Waals surface area contributed by atoms with Crippen molar-refractivity contribution in [2.45, 2.75) is 20.4 Å². The number of aromatic nitrogens is 4. The van der Waals surface area contributed by atoms with Gasteiger partial charge in [0.1, 0.15) is 11.6 Å². The van der Waals surface area contributed by atoms with E-state index in [-0.39, 0.29) is 5.82 Å². The van der Waals surface area contributed by atoms with Crippen LogP contribution in [0.25, 0.3) is 16.9 Å². The first-order chi connectivity index (χ1) is 12.6. The van der Waals surface area contributed by atoms with Gasteiger partial charge < -0.3 is 5.32 Å². The second kappa shape index (κ2) is 6.55. The Kier molecular flexibility index (Phi) is 4.08. The molecule has 2 aromatic carbocycles. The molecule has 130 valence electrons. The molecule has 0 unspecified atom stereocenters. The second-order valence-corrected chi connectivity index (χ2v) is 6.17. The fourth-order valence-corrected chi connectivity index (χ4v) is 3.03. The van der Waals surface area contributed by atoms with Crippen molar-refractivity contribution in [1.29, 1.82) is 0 Å². The fraction of sp³-hybridized carbons (Fsp3) is 0.150. The number of halogens is 1. The highest BCUT2D eigenvalue weighted by molar-refractivity contribution is 5.82. The number of aryl methyl sites for hydroxylation is 2. The van der Waals surface area contributed by atoms with Crippen LogP contribution in [0.2, 0.25) is 0 Å². The average molecular weight is 347 g/mol. The monoisotopic (exact) mass is 347 g/mol. The SMILES string of the molecule is Cc1nc(NCc2cccc(F)c2)nc(-n2c(C)cc3ccccc32)n1. The Hall–Kier alpha value is -3.28. The summed E-state index contributed by atoms with van der Waals surface area (Å²) in [7, 11) is 0. The summed E-state index contributed by atoms with van der Waals surface area (Å²) in [6.07, 6.45) is 0. The van der Waals surface area contributed by atoms with Crippen LogP contribution in [0.3, 0.4) is 0 Å². The normalized spacial score (nSPS) is 11.0. The van der Waals surface area contributed by atoms with Crippen LogP contribution in [0.15, 0.2) is 54.6 Å². The summed E-state index contributed by atoms with van der Waals surface area (Å²) >= 11 is 0. The van der Waals surface area contributed by atoms with E-state index in [1.807, 2.05) is 42.7 Å². The minimum atomic E-state index is -0.258. The predicted molar refractivity (Wildman–Crippen MR) is 99.9 cm³/mol. The van der Waals surface area contributed by atoms with Gasteiger partial charge in [0, 0.05) is 17.6 Å². The molecule has 6 heteroatoms. The van der Waals surface area contributed by atoms with Gasteiger partial charge in [-0.25, -0.2) is 4.39 Å². The summed E-state index contributed by atoms with van der Waals surface area (Å²) in [5.74, 6) is 1.40. The van der Waals surface area contributed by atoms with Gasteiger partial charge in [-0.15, -0.1) is 0 Å². The quantitative estimate of drug-likeness (QED) is 0.602. The van der Waals surface area contributed by atoms with E-state index >= 15 is 0 Å². The smallest absolute Gasteiger partial charge is 0.239 e. The first-order valence-electron chi connectivity index (χ1n) is 8.38. The highest BCUT2D eigenvalue weighted by atomic mass is 19.1. The van der Waals surface area contributed by atoms with Gasteiger partial charge in [0.15, 0.2) is 0 Å². The van der Waals surface area contributed by atoms with Crippen molar-refractivity contribution >= 4 is 16.9 Å². The van der Waals surface area contributed by atoms with Crippen LogP contribution >= 0.6 is 0 Å². The van der Waals surface area contributed by atoms with Crippen molar-refractivity contribution in [1.82, 2.24) is 19.5 Å². The molecule has 0 fully saturated rings. The molecule has 0 atom stereocenters. The zero-order valence-electron chi connectivity index (χ0n) is 14.6. The molecule has 0 saturated heterocycles. The molecule has 4 aromatic rings. The van der Waals surface area contributed by atoms with Gasteiger partial charge in [-0.2, -0.15) is 15.0 Å². The lowest BCUT2D eigenvalue weighted by atomic mass is 10.2. The van der Waals surface area contributed by atoms with E-state index in [9.17, 15) is 4.39 Å². The number of hydrogen-bond donors (Lipinski definition) is 1. The van der Waals surface area contributed by atoms with Gasteiger partial charge in [0.05, 0.1) is 5.52 Å². The van der Waals surface area contributed by atoms with Crippen molar-refractivity contribution in [2.75, 3.05) is 5.32 Å². The van der Waals surface area contributed by atoms with Crippen molar-refractivity contribution < 1.29 is 4.39 Å². The Balaban J connectivity index is 1.69. The lowest BCUT2D eigenvalue weighted by Crippen LogP contribution is -2.11.